The monoisotopic (exact) mass is 561 g/mol. The predicted octanol–water partition coefficient (Wildman–Crippen LogP) is 3.25. The average Bonchev–Trinajstić information content (AvgIpc) is 3.69. The van der Waals surface area contributed by atoms with E-state index in [2.05, 4.69) is 5.10 Å². The highest BCUT2D eigenvalue weighted by Gasteiger charge is 2.44. The summed E-state index contributed by atoms with van der Waals surface area (Å²) in [5, 5.41) is 4.80. The lowest BCUT2D eigenvalue weighted by molar-refractivity contribution is 0.197. The van der Waals surface area contributed by atoms with E-state index in [9.17, 15) is 17.6 Å². The third-order valence-corrected chi connectivity index (χ3v) is 9.12. The summed E-state index contributed by atoms with van der Waals surface area (Å²) in [4.78, 5) is 15.4. The number of alkyl halides is 1. The Morgan fingerprint density at radius 3 is 2.42 bits per heavy atom. The summed E-state index contributed by atoms with van der Waals surface area (Å²) in [6, 6.07) is 13.5. The molecule has 2 N–H and O–H groups in total. The summed E-state index contributed by atoms with van der Waals surface area (Å²) in [6.45, 7) is 0.731. The second-order valence-electron chi connectivity index (χ2n) is 9.86. The zero-order valence-electron chi connectivity index (χ0n) is 20.7. The highest BCUT2D eigenvalue weighted by molar-refractivity contribution is 7.88. The molecule has 0 radical (unpaired) electrons. The van der Waals surface area contributed by atoms with E-state index in [4.69, 9.17) is 22.1 Å². The van der Waals surface area contributed by atoms with E-state index in [0.717, 1.165) is 0 Å². The molecular weight excluding hydrogens is 533 g/mol. The van der Waals surface area contributed by atoms with Crippen molar-refractivity contribution in [2.45, 2.75) is 18.6 Å². The molecule has 3 aromatic rings. The molecule has 1 aliphatic heterocycles. The van der Waals surface area contributed by atoms with Crippen LogP contribution >= 0.6 is 11.6 Å². The fourth-order valence-corrected chi connectivity index (χ4v) is 6.12. The largest absolute Gasteiger partial charge is 0.486 e. The lowest BCUT2D eigenvalue weighted by Crippen LogP contribution is -2.49. The normalized spacial score (nSPS) is 17.4. The van der Waals surface area contributed by atoms with E-state index in [1.54, 1.807) is 48.5 Å². The van der Waals surface area contributed by atoms with Crippen LogP contribution in [-0.4, -0.2) is 62.0 Å². The van der Waals surface area contributed by atoms with Crippen LogP contribution in [0.15, 0.2) is 59.5 Å². The molecule has 0 bridgehead atoms. The molecule has 12 heteroatoms. The SMILES string of the molecule is Nc1ccc(CS(=O)(=O)N2CCN(c3cnn(-c4cccc(Cl)c4)c(=O)c3OCC3(CF)CC3)CC2)cc1. The minimum absolute atomic E-state index is 0.0675. The fourth-order valence-electron chi connectivity index (χ4n) is 4.42. The number of nitrogens with zero attached hydrogens (tertiary/aromatic N) is 4. The standard InChI is InChI=1S/C26H29ClFN5O4S/c27-20-2-1-3-22(14-20)33-25(34)24(37-18-26(17-28)8-9-26)23(15-30-33)31-10-12-32(13-11-31)38(35,36)16-19-4-6-21(29)7-5-19/h1-7,14-15H,8-13,16-18,29H2. The Morgan fingerprint density at radius 1 is 1.08 bits per heavy atom. The van der Waals surface area contributed by atoms with Crippen LogP contribution in [0.3, 0.4) is 0 Å². The highest BCUT2D eigenvalue weighted by Crippen LogP contribution is 2.46. The van der Waals surface area contributed by atoms with Gasteiger partial charge >= 0.3 is 5.56 Å². The summed E-state index contributed by atoms with van der Waals surface area (Å²) in [5.41, 5.74) is 6.83. The van der Waals surface area contributed by atoms with Gasteiger partial charge in [0.15, 0.2) is 0 Å². The molecule has 0 unspecified atom stereocenters. The van der Waals surface area contributed by atoms with Crippen LogP contribution in [0.1, 0.15) is 18.4 Å². The first-order valence-electron chi connectivity index (χ1n) is 12.3. The second-order valence-corrected chi connectivity index (χ2v) is 12.3. The number of ether oxygens (including phenoxy) is 1. The third-order valence-electron chi connectivity index (χ3n) is 7.03. The molecule has 202 valence electrons. The van der Waals surface area contributed by atoms with E-state index in [0.29, 0.717) is 53.6 Å². The van der Waals surface area contributed by atoms with Crippen molar-refractivity contribution in [1.29, 1.82) is 0 Å². The number of benzene rings is 2. The van der Waals surface area contributed by atoms with Crippen molar-refractivity contribution in [3.05, 3.63) is 75.7 Å². The molecule has 38 heavy (non-hydrogen) atoms. The molecular formula is C26H29ClFN5O4S. The molecule has 2 heterocycles. The maximum Gasteiger partial charge on any atom is 0.316 e. The summed E-state index contributed by atoms with van der Waals surface area (Å²) in [6.07, 6.45) is 2.94. The van der Waals surface area contributed by atoms with E-state index in [1.807, 2.05) is 4.90 Å². The number of hydrogen-bond donors (Lipinski definition) is 1. The van der Waals surface area contributed by atoms with Gasteiger partial charge in [0.25, 0.3) is 0 Å². The smallest absolute Gasteiger partial charge is 0.316 e. The van der Waals surface area contributed by atoms with Crippen LogP contribution < -0.4 is 20.9 Å². The molecule has 5 rings (SSSR count). The van der Waals surface area contributed by atoms with Crippen molar-refractivity contribution < 1.29 is 17.5 Å². The lowest BCUT2D eigenvalue weighted by Gasteiger charge is -2.35. The lowest BCUT2D eigenvalue weighted by atomic mass is 10.1. The number of aromatic nitrogens is 2. The van der Waals surface area contributed by atoms with Crippen molar-refractivity contribution in [1.82, 2.24) is 14.1 Å². The molecule has 2 aromatic carbocycles. The van der Waals surface area contributed by atoms with Crippen LogP contribution in [0.2, 0.25) is 5.02 Å². The number of nitrogen functional groups attached to an aromatic ring is 1. The molecule has 2 fully saturated rings. The summed E-state index contributed by atoms with van der Waals surface area (Å²) < 4.78 is 48.2. The van der Waals surface area contributed by atoms with Gasteiger partial charge < -0.3 is 15.4 Å². The van der Waals surface area contributed by atoms with Crippen molar-refractivity contribution in [2.24, 2.45) is 5.41 Å². The van der Waals surface area contributed by atoms with Gasteiger partial charge in [0.05, 0.1) is 30.9 Å². The molecule has 1 aliphatic carbocycles. The maximum absolute atomic E-state index is 13.5. The van der Waals surface area contributed by atoms with Crippen LogP contribution in [-0.2, 0) is 15.8 Å². The fraction of sp³-hybridized carbons (Fsp3) is 0.385. The number of anilines is 2. The zero-order chi connectivity index (χ0) is 26.9. The Kier molecular flexibility index (Phi) is 7.34. The van der Waals surface area contributed by atoms with Gasteiger partial charge in [0, 0.05) is 42.3 Å². The van der Waals surface area contributed by atoms with Crippen molar-refractivity contribution in [3.63, 3.8) is 0 Å². The molecule has 2 aliphatic rings. The number of rotatable bonds is 9. The summed E-state index contributed by atoms with van der Waals surface area (Å²) in [7, 11) is -3.55. The number of nitrogens with two attached hydrogens (primary N) is 1. The minimum atomic E-state index is -3.55. The van der Waals surface area contributed by atoms with Gasteiger partial charge in [-0.25, -0.2) is 8.42 Å². The van der Waals surface area contributed by atoms with Crippen molar-refractivity contribution in [2.75, 3.05) is 50.1 Å². The quantitative estimate of drug-likeness (QED) is 0.399. The first-order valence-corrected chi connectivity index (χ1v) is 14.3. The molecule has 0 atom stereocenters. The van der Waals surface area contributed by atoms with Gasteiger partial charge in [-0.3, -0.25) is 9.18 Å². The predicted molar refractivity (Wildman–Crippen MR) is 145 cm³/mol. The van der Waals surface area contributed by atoms with Gasteiger partial charge in [-0.1, -0.05) is 29.8 Å². The maximum atomic E-state index is 13.5. The van der Waals surface area contributed by atoms with E-state index in [1.165, 1.54) is 15.2 Å². The molecule has 0 spiro atoms. The zero-order valence-corrected chi connectivity index (χ0v) is 22.3. The van der Waals surface area contributed by atoms with Gasteiger partial charge in [-0.2, -0.15) is 14.1 Å². The number of piperazine rings is 1. The van der Waals surface area contributed by atoms with Crippen LogP contribution in [0, 0.1) is 5.41 Å². The molecule has 1 saturated heterocycles. The third kappa shape index (κ3) is 5.64. The highest BCUT2D eigenvalue weighted by atomic mass is 35.5. The van der Waals surface area contributed by atoms with Gasteiger partial charge in [-0.05, 0) is 48.7 Å². The van der Waals surface area contributed by atoms with Crippen LogP contribution in [0.4, 0.5) is 15.8 Å². The molecule has 1 saturated carbocycles. The Balaban J connectivity index is 1.37. The van der Waals surface area contributed by atoms with Crippen LogP contribution in [0.5, 0.6) is 5.75 Å². The number of hydrogen-bond acceptors (Lipinski definition) is 7. The first-order chi connectivity index (χ1) is 18.2. The molecule has 1 aromatic heterocycles. The van der Waals surface area contributed by atoms with Crippen molar-refractivity contribution >= 4 is 33.0 Å². The van der Waals surface area contributed by atoms with E-state index < -0.39 is 27.7 Å². The second kappa shape index (κ2) is 10.5. The van der Waals surface area contributed by atoms with Gasteiger partial charge in [0.2, 0.25) is 15.8 Å². The Hall–Kier alpha value is -3.15. The van der Waals surface area contributed by atoms with Gasteiger partial charge in [0.1, 0.15) is 5.69 Å². The van der Waals surface area contributed by atoms with Crippen molar-refractivity contribution in [3.8, 4) is 11.4 Å². The van der Waals surface area contributed by atoms with Gasteiger partial charge in [-0.15, -0.1) is 0 Å². The van der Waals surface area contributed by atoms with E-state index in [-0.39, 0.29) is 31.2 Å². The topological polar surface area (TPSA) is 111 Å². The number of sulfonamides is 1. The molecule has 9 nitrogen and oxygen atoms in total. The van der Waals surface area contributed by atoms with Crippen LogP contribution in [0.25, 0.3) is 5.69 Å². The summed E-state index contributed by atoms with van der Waals surface area (Å²) in [5.74, 6) is -0.0534. The Labute approximate surface area is 225 Å². The summed E-state index contributed by atoms with van der Waals surface area (Å²) >= 11 is 6.11. The first kappa shape index (κ1) is 26.5. The average molecular weight is 562 g/mol. The Morgan fingerprint density at radius 2 is 1.79 bits per heavy atom. The minimum Gasteiger partial charge on any atom is -0.486 e. The molecule has 0 amide bonds. The van der Waals surface area contributed by atoms with E-state index >= 15 is 0 Å². The Bertz CT molecular complexity index is 1470. The number of halogens is 2.